The van der Waals surface area contributed by atoms with E-state index in [-0.39, 0.29) is 5.56 Å². The quantitative estimate of drug-likeness (QED) is 0.804. The van der Waals surface area contributed by atoms with Crippen molar-refractivity contribution in [2.24, 2.45) is 0 Å². The minimum Gasteiger partial charge on any atom is -0.478 e. The molecule has 0 bridgehead atoms. The van der Waals surface area contributed by atoms with Crippen molar-refractivity contribution in [2.45, 2.75) is 11.5 Å². The van der Waals surface area contributed by atoms with Crippen LogP contribution in [0.1, 0.15) is 27.0 Å². The molecule has 1 heterocycles. The van der Waals surface area contributed by atoms with Gasteiger partial charge in [-0.25, -0.2) is 4.79 Å². The van der Waals surface area contributed by atoms with Crippen LogP contribution in [0.2, 0.25) is 0 Å². The average Bonchev–Trinajstić information content (AvgIpc) is 2.65. The van der Waals surface area contributed by atoms with Gasteiger partial charge in [-0.05, 0) is 22.8 Å². The Morgan fingerprint density at radius 3 is 2.62 bits per heavy atom. The second-order valence-corrected chi connectivity index (χ2v) is 5.08. The van der Waals surface area contributed by atoms with E-state index in [1.165, 1.54) is 6.07 Å². The van der Waals surface area contributed by atoms with Gasteiger partial charge in [0.1, 0.15) is 0 Å². The summed E-state index contributed by atoms with van der Waals surface area (Å²) in [6, 6.07) is 3.01. The molecule has 1 aromatic carbocycles. The monoisotopic (exact) mass is 256 g/mol. The molecular weight excluding hydrogens is 248 g/mol. The second kappa shape index (κ2) is 4.31. The highest BCUT2D eigenvalue weighted by atomic mass is 32.2. The van der Waals surface area contributed by atoms with Gasteiger partial charge < -0.3 is 5.11 Å². The van der Waals surface area contributed by atoms with Crippen LogP contribution in [0.25, 0.3) is 0 Å². The lowest BCUT2D eigenvalue weighted by Gasteiger charge is -2.05. The van der Waals surface area contributed by atoms with Gasteiger partial charge in [-0.3, -0.25) is 0 Å². The van der Waals surface area contributed by atoms with Crippen LogP contribution in [0, 0.1) is 0 Å². The molecule has 6 heteroatoms. The first-order valence-electron chi connectivity index (χ1n) is 4.48. The highest BCUT2D eigenvalue weighted by Crippen LogP contribution is 2.34. The Hall–Kier alpha value is -1.27. The fraction of sp³-hybridized carbons (Fsp3) is 0.200. The lowest BCUT2D eigenvalue weighted by atomic mass is 9.99. The minimum atomic E-state index is -2.26. The summed E-state index contributed by atoms with van der Waals surface area (Å²) in [5.74, 6) is 0.331. The molecule has 0 saturated heterocycles. The molecule has 1 aromatic rings. The minimum absolute atomic E-state index is 0.272. The standard InChI is InChI=1S/C10H8O4S2/c11-10(12)7-2-1-6(5-16(13)14)8-3-15-4-9(7)8/h1-2,5H,3-4H2,(H,11,12). The summed E-state index contributed by atoms with van der Waals surface area (Å²) in [6.07, 6.45) is 0. The Morgan fingerprint density at radius 2 is 2.00 bits per heavy atom. The molecule has 84 valence electrons. The zero-order valence-electron chi connectivity index (χ0n) is 8.13. The maximum atomic E-state index is 11.0. The third-order valence-corrected chi connectivity index (χ3v) is 3.85. The first kappa shape index (κ1) is 11.2. The van der Waals surface area contributed by atoms with Crippen molar-refractivity contribution < 1.29 is 18.3 Å². The Kier molecular flexibility index (Phi) is 3.02. The van der Waals surface area contributed by atoms with E-state index >= 15 is 0 Å². The molecule has 0 spiro atoms. The topological polar surface area (TPSA) is 71.4 Å². The molecule has 1 N–H and O–H groups in total. The van der Waals surface area contributed by atoms with Gasteiger partial charge in [-0.15, -0.1) is 0 Å². The van der Waals surface area contributed by atoms with Crippen LogP contribution in [0.4, 0.5) is 0 Å². The summed E-state index contributed by atoms with van der Waals surface area (Å²) in [7, 11) is -2.26. The third-order valence-electron chi connectivity index (χ3n) is 2.41. The summed E-state index contributed by atoms with van der Waals surface area (Å²) in [5, 5.41) is 10.1. The van der Waals surface area contributed by atoms with Gasteiger partial charge >= 0.3 is 5.97 Å². The summed E-state index contributed by atoms with van der Waals surface area (Å²) in [6.45, 7) is 0. The lowest BCUT2D eigenvalue weighted by molar-refractivity contribution is 0.0696. The van der Waals surface area contributed by atoms with Gasteiger partial charge in [0.05, 0.1) is 10.9 Å². The van der Waals surface area contributed by atoms with Crippen molar-refractivity contribution in [1.29, 1.82) is 0 Å². The van der Waals surface area contributed by atoms with Crippen LogP contribution in [-0.4, -0.2) is 24.9 Å². The summed E-state index contributed by atoms with van der Waals surface area (Å²) in [5.41, 5.74) is 2.44. The maximum Gasteiger partial charge on any atom is 0.336 e. The summed E-state index contributed by atoms with van der Waals surface area (Å²) >= 11 is 1.59. The maximum absolute atomic E-state index is 11.0. The molecule has 0 aromatic heterocycles. The fourth-order valence-corrected chi connectivity index (χ4v) is 3.33. The van der Waals surface area contributed by atoms with E-state index in [1.807, 2.05) is 0 Å². The molecule has 16 heavy (non-hydrogen) atoms. The predicted molar refractivity (Wildman–Crippen MR) is 62.5 cm³/mol. The number of thioether (sulfide) groups is 1. The van der Waals surface area contributed by atoms with Crippen molar-refractivity contribution in [3.05, 3.63) is 34.4 Å². The van der Waals surface area contributed by atoms with E-state index in [0.29, 0.717) is 17.1 Å². The van der Waals surface area contributed by atoms with Gasteiger partial charge in [-0.1, -0.05) is 6.07 Å². The van der Waals surface area contributed by atoms with Crippen molar-refractivity contribution in [3.63, 3.8) is 0 Å². The van der Waals surface area contributed by atoms with E-state index in [2.05, 4.69) is 0 Å². The highest BCUT2D eigenvalue weighted by molar-refractivity contribution is 7.98. The van der Waals surface area contributed by atoms with E-state index in [4.69, 9.17) is 5.11 Å². The molecule has 0 saturated carbocycles. The predicted octanol–water partition coefficient (Wildman–Crippen LogP) is 1.16. The molecule has 0 amide bonds. The van der Waals surface area contributed by atoms with Crippen LogP contribution in [0.3, 0.4) is 0 Å². The fourth-order valence-electron chi connectivity index (χ4n) is 1.72. The number of rotatable bonds is 2. The van der Waals surface area contributed by atoms with Gasteiger partial charge in [-0.2, -0.15) is 20.2 Å². The first-order valence-corrected chi connectivity index (χ1v) is 6.77. The molecule has 0 atom stereocenters. The number of carboxylic acid groups (broad SMARTS) is 1. The zero-order valence-corrected chi connectivity index (χ0v) is 9.77. The number of carboxylic acids is 1. The SMILES string of the molecule is O=C(O)c1ccc(C=S(=O)=O)c2c1CSC2. The number of fused-ring (bicyclic) bond motifs is 1. The zero-order chi connectivity index (χ0) is 11.7. The van der Waals surface area contributed by atoms with Crippen LogP contribution in [0.5, 0.6) is 0 Å². The average molecular weight is 256 g/mol. The number of hydrogen-bond acceptors (Lipinski definition) is 4. The Bertz CT molecular complexity index is 579. The number of carbonyl (C=O) groups is 1. The van der Waals surface area contributed by atoms with E-state index < -0.39 is 16.3 Å². The van der Waals surface area contributed by atoms with E-state index in [1.54, 1.807) is 17.8 Å². The van der Waals surface area contributed by atoms with Crippen LogP contribution in [-0.2, 0) is 21.8 Å². The van der Waals surface area contributed by atoms with E-state index in [9.17, 15) is 13.2 Å². The Balaban J connectivity index is 2.66. The van der Waals surface area contributed by atoms with Crippen molar-refractivity contribution in [3.8, 4) is 0 Å². The molecule has 1 aliphatic rings. The van der Waals surface area contributed by atoms with Crippen molar-refractivity contribution >= 4 is 33.4 Å². The van der Waals surface area contributed by atoms with Gasteiger partial charge in [0.15, 0.2) is 0 Å². The Morgan fingerprint density at radius 1 is 1.31 bits per heavy atom. The van der Waals surface area contributed by atoms with Crippen molar-refractivity contribution in [2.75, 3.05) is 0 Å². The molecule has 4 nitrogen and oxygen atoms in total. The molecule has 1 aliphatic heterocycles. The van der Waals surface area contributed by atoms with Gasteiger partial charge in [0.25, 0.3) is 0 Å². The molecule has 0 aliphatic carbocycles. The molecule has 2 rings (SSSR count). The summed E-state index contributed by atoms with van der Waals surface area (Å²) in [4.78, 5) is 11.0. The normalized spacial score (nSPS) is 13.2. The molecular formula is C10H8O4S2. The molecule has 0 unspecified atom stereocenters. The number of hydrogen-bond donors (Lipinski definition) is 1. The smallest absolute Gasteiger partial charge is 0.336 e. The van der Waals surface area contributed by atoms with Crippen LogP contribution >= 0.6 is 11.8 Å². The third kappa shape index (κ3) is 1.98. The lowest BCUT2D eigenvalue weighted by Crippen LogP contribution is -2.04. The van der Waals surface area contributed by atoms with Crippen molar-refractivity contribution in [1.82, 2.24) is 0 Å². The highest BCUT2D eigenvalue weighted by Gasteiger charge is 2.21. The first-order chi connectivity index (χ1) is 7.59. The molecule has 0 radical (unpaired) electrons. The molecule has 0 fully saturated rings. The number of aromatic carboxylic acids is 1. The number of benzene rings is 1. The van der Waals surface area contributed by atoms with Gasteiger partial charge in [0.2, 0.25) is 10.3 Å². The Labute approximate surface area is 97.8 Å². The van der Waals surface area contributed by atoms with Crippen LogP contribution < -0.4 is 0 Å². The van der Waals surface area contributed by atoms with Crippen LogP contribution in [0.15, 0.2) is 12.1 Å². The van der Waals surface area contributed by atoms with E-state index in [0.717, 1.165) is 16.5 Å². The van der Waals surface area contributed by atoms with Gasteiger partial charge in [0, 0.05) is 11.5 Å². The largest absolute Gasteiger partial charge is 0.478 e. The second-order valence-electron chi connectivity index (χ2n) is 3.34. The summed E-state index contributed by atoms with van der Waals surface area (Å²) < 4.78 is 21.2.